The fourth-order valence-electron chi connectivity index (χ4n) is 5.23. The summed E-state index contributed by atoms with van der Waals surface area (Å²) in [5.41, 5.74) is 3.36. The quantitative estimate of drug-likeness (QED) is 0.823. The number of hydrogen-bond acceptors (Lipinski definition) is 3. The van der Waals surface area contributed by atoms with Crippen molar-refractivity contribution in [2.24, 2.45) is 5.92 Å². The molecule has 3 heterocycles. The SMILES string of the molecule is Cc1cccc2[nH]c(C[C@H]3C[C@H]4CC[C@@H](C3)N4CCC(=O)NC(C)(C)C)nc12. The zero-order chi connectivity index (χ0) is 19.9. The Morgan fingerprint density at radius 3 is 2.61 bits per heavy atom. The Bertz CT molecular complexity index is 836. The van der Waals surface area contributed by atoms with E-state index in [1.807, 2.05) is 20.8 Å². The first-order valence-electron chi connectivity index (χ1n) is 10.8. The van der Waals surface area contributed by atoms with Crippen molar-refractivity contribution in [3.8, 4) is 0 Å². The molecule has 0 spiro atoms. The van der Waals surface area contributed by atoms with E-state index in [1.54, 1.807) is 0 Å². The summed E-state index contributed by atoms with van der Waals surface area (Å²) < 4.78 is 0. The smallest absolute Gasteiger partial charge is 0.221 e. The highest BCUT2D eigenvalue weighted by Gasteiger charge is 2.40. The topological polar surface area (TPSA) is 61.0 Å². The molecule has 5 nitrogen and oxygen atoms in total. The van der Waals surface area contributed by atoms with Crippen molar-refractivity contribution in [3.05, 3.63) is 29.6 Å². The van der Waals surface area contributed by atoms with E-state index in [9.17, 15) is 4.79 Å². The highest BCUT2D eigenvalue weighted by molar-refractivity contribution is 5.78. The zero-order valence-electron chi connectivity index (χ0n) is 17.7. The fourth-order valence-corrected chi connectivity index (χ4v) is 5.23. The van der Waals surface area contributed by atoms with Gasteiger partial charge in [0.2, 0.25) is 5.91 Å². The van der Waals surface area contributed by atoms with Crippen LogP contribution in [0, 0.1) is 12.8 Å². The Balaban J connectivity index is 1.34. The van der Waals surface area contributed by atoms with E-state index >= 15 is 0 Å². The lowest BCUT2D eigenvalue weighted by Gasteiger charge is -2.39. The number of H-pyrrole nitrogens is 1. The lowest BCUT2D eigenvalue weighted by Crippen LogP contribution is -2.46. The van der Waals surface area contributed by atoms with Gasteiger partial charge in [-0.25, -0.2) is 4.98 Å². The molecule has 0 radical (unpaired) electrons. The summed E-state index contributed by atoms with van der Waals surface area (Å²) in [7, 11) is 0. The van der Waals surface area contributed by atoms with Crippen LogP contribution in [-0.2, 0) is 11.2 Å². The third-order valence-electron chi connectivity index (χ3n) is 6.34. The molecule has 2 N–H and O–H groups in total. The van der Waals surface area contributed by atoms with E-state index in [1.165, 1.54) is 31.2 Å². The second-order valence-corrected chi connectivity index (χ2v) is 9.87. The summed E-state index contributed by atoms with van der Waals surface area (Å²) in [5, 5.41) is 3.09. The zero-order valence-corrected chi connectivity index (χ0v) is 17.7. The number of aromatic amines is 1. The van der Waals surface area contributed by atoms with Crippen molar-refractivity contribution >= 4 is 16.9 Å². The fraction of sp³-hybridized carbons (Fsp3) is 0.652. The number of benzene rings is 1. The summed E-state index contributed by atoms with van der Waals surface area (Å²) >= 11 is 0. The predicted molar refractivity (Wildman–Crippen MR) is 113 cm³/mol. The molecule has 0 unspecified atom stereocenters. The second kappa shape index (κ2) is 7.51. The monoisotopic (exact) mass is 382 g/mol. The van der Waals surface area contributed by atoms with Gasteiger partial charge in [0.05, 0.1) is 11.0 Å². The van der Waals surface area contributed by atoms with Crippen LogP contribution >= 0.6 is 0 Å². The van der Waals surface area contributed by atoms with Crippen LogP contribution in [0.1, 0.15) is 64.3 Å². The maximum absolute atomic E-state index is 12.2. The largest absolute Gasteiger partial charge is 0.351 e. The van der Waals surface area contributed by atoms with E-state index < -0.39 is 0 Å². The van der Waals surface area contributed by atoms with Gasteiger partial charge in [0.15, 0.2) is 0 Å². The molecule has 2 bridgehead atoms. The standard InChI is InChI=1S/C23H34N4O/c1-15-6-5-7-19-22(15)25-20(24-19)14-16-12-17-8-9-18(13-16)27(17)11-10-21(28)26-23(2,3)4/h5-7,16-18H,8-14H2,1-4H3,(H,24,25)(H,26,28)/t16-,17+,18-. The van der Waals surface area contributed by atoms with Gasteiger partial charge < -0.3 is 10.3 Å². The van der Waals surface area contributed by atoms with Gasteiger partial charge in [-0.2, -0.15) is 0 Å². The number of carbonyl (C=O) groups is 1. The number of aromatic nitrogens is 2. The molecule has 2 saturated heterocycles. The van der Waals surface area contributed by atoms with Gasteiger partial charge in [-0.05, 0) is 70.9 Å². The number of imidazole rings is 1. The minimum Gasteiger partial charge on any atom is -0.351 e. The highest BCUT2D eigenvalue weighted by atomic mass is 16.1. The van der Waals surface area contributed by atoms with Gasteiger partial charge in [-0.15, -0.1) is 0 Å². The van der Waals surface area contributed by atoms with Crippen LogP contribution in [0.2, 0.25) is 0 Å². The number of rotatable bonds is 5. The average molecular weight is 383 g/mol. The summed E-state index contributed by atoms with van der Waals surface area (Å²) in [5.74, 6) is 2.00. The molecular formula is C23H34N4O. The highest BCUT2D eigenvalue weighted by Crippen LogP contribution is 2.39. The molecule has 1 aromatic carbocycles. The molecule has 4 rings (SSSR count). The molecule has 3 atom stereocenters. The molecule has 152 valence electrons. The lowest BCUT2D eigenvalue weighted by atomic mass is 9.88. The summed E-state index contributed by atoms with van der Waals surface area (Å²) in [6.45, 7) is 9.15. The van der Waals surface area contributed by atoms with Crippen LogP contribution in [0.3, 0.4) is 0 Å². The minimum absolute atomic E-state index is 0.145. The van der Waals surface area contributed by atoms with E-state index in [2.05, 4.69) is 40.3 Å². The molecule has 2 aliphatic rings. The summed E-state index contributed by atoms with van der Waals surface area (Å²) in [6.07, 6.45) is 6.67. The molecule has 2 aliphatic heterocycles. The van der Waals surface area contributed by atoms with E-state index in [4.69, 9.17) is 4.98 Å². The molecule has 2 aromatic rings. The maximum atomic E-state index is 12.2. The Labute approximate surface area is 168 Å². The van der Waals surface area contributed by atoms with Gasteiger partial charge in [0.1, 0.15) is 5.82 Å². The van der Waals surface area contributed by atoms with Crippen LogP contribution in [0.4, 0.5) is 0 Å². The Morgan fingerprint density at radius 1 is 1.25 bits per heavy atom. The number of nitrogens with one attached hydrogen (secondary N) is 2. The Hall–Kier alpha value is -1.88. The molecule has 1 aromatic heterocycles. The van der Waals surface area contributed by atoms with Gasteiger partial charge in [0, 0.05) is 37.0 Å². The first-order valence-corrected chi connectivity index (χ1v) is 10.8. The number of nitrogens with zero attached hydrogens (tertiary/aromatic N) is 2. The summed E-state index contributed by atoms with van der Waals surface area (Å²) in [4.78, 5) is 23.2. The van der Waals surface area contributed by atoms with E-state index in [0.29, 0.717) is 24.4 Å². The second-order valence-electron chi connectivity index (χ2n) is 9.87. The van der Waals surface area contributed by atoms with Crippen molar-refractivity contribution in [1.29, 1.82) is 0 Å². The molecule has 5 heteroatoms. The number of hydrogen-bond donors (Lipinski definition) is 2. The first kappa shape index (κ1) is 19.4. The van der Waals surface area contributed by atoms with Crippen molar-refractivity contribution in [3.63, 3.8) is 0 Å². The van der Waals surface area contributed by atoms with Crippen LogP contribution < -0.4 is 5.32 Å². The molecule has 2 fully saturated rings. The van der Waals surface area contributed by atoms with Gasteiger partial charge in [0.25, 0.3) is 0 Å². The Kier molecular flexibility index (Phi) is 5.21. The third-order valence-corrected chi connectivity index (χ3v) is 6.34. The lowest BCUT2D eigenvalue weighted by molar-refractivity contribution is -0.123. The van der Waals surface area contributed by atoms with E-state index in [-0.39, 0.29) is 11.4 Å². The van der Waals surface area contributed by atoms with Crippen LogP contribution in [0.5, 0.6) is 0 Å². The summed E-state index contributed by atoms with van der Waals surface area (Å²) in [6, 6.07) is 7.61. The molecule has 0 aliphatic carbocycles. The van der Waals surface area contributed by atoms with Crippen molar-refractivity contribution < 1.29 is 4.79 Å². The van der Waals surface area contributed by atoms with Crippen LogP contribution in [0.15, 0.2) is 18.2 Å². The number of piperidine rings is 1. The molecule has 28 heavy (non-hydrogen) atoms. The number of aryl methyl sites for hydroxylation is 1. The number of para-hydroxylation sites is 1. The van der Waals surface area contributed by atoms with Gasteiger partial charge in [-0.1, -0.05) is 12.1 Å². The number of amides is 1. The van der Waals surface area contributed by atoms with Crippen molar-refractivity contribution in [1.82, 2.24) is 20.2 Å². The third kappa shape index (κ3) is 4.24. The predicted octanol–water partition coefficient (Wildman–Crippen LogP) is 3.96. The number of fused-ring (bicyclic) bond motifs is 3. The maximum Gasteiger partial charge on any atom is 0.221 e. The van der Waals surface area contributed by atoms with Crippen molar-refractivity contribution in [2.45, 2.75) is 83.8 Å². The molecular weight excluding hydrogens is 348 g/mol. The first-order chi connectivity index (χ1) is 13.3. The average Bonchev–Trinajstić information content (AvgIpc) is 3.10. The van der Waals surface area contributed by atoms with Gasteiger partial charge in [-0.3, -0.25) is 9.69 Å². The van der Waals surface area contributed by atoms with Gasteiger partial charge >= 0.3 is 0 Å². The minimum atomic E-state index is -0.145. The van der Waals surface area contributed by atoms with Crippen LogP contribution in [0.25, 0.3) is 11.0 Å². The normalized spacial score (nSPS) is 25.4. The Morgan fingerprint density at radius 2 is 1.96 bits per heavy atom. The van der Waals surface area contributed by atoms with Crippen molar-refractivity contribution in [2.75, 3.05) is 6.54 Å². The molecule has 0 saturated carbocycles. The number of carbonyl (C=O) groups excluding carboxylic acids is 1. The van der Waals surface area contributed by atoms with Crippen LogP contribution in [-0.4, -0.2) is 44.9 Å². The molecule has 1 amide bonds. The van der Waals surface area contributed by atoms with E-state index in [0.717, 1.165) is 29.8 Å².